The first-order valence-corrected chi connectivity index (χ1v) is 8.65. The van der Waals surface area contributed by atoms with Gasteiger partial charge in [0.15, 0.2) is 0 Å². The Morgan fingerprint density at radius 2 is 1.78 bits per heavy atom. The average molecular weight is 388 g/mol. The second-order valence-corrected chi connectivity index (χ2v) is 6.82. The number of nitro groups is 1. The van der Waals surface area contributed by atoms with Crippen molar-refractivity contribution in [2.24, 2.45) is 0 Å². The molecule has 1 heterocycles. The van der Waals surface area contributed by atoms with Crippen molar-refractivity contribution >= 4 is 17.3 Å². The molecule has 1 aliphatic heterocycles. The number of carbonyl (C=O) groups excluding carboxylic acids is 1. The molecule has 1 saturated heterocycles. The van der Waals surface area contributed by atoms with Gasteiger partial charge in [-0.25, -0.2) is 0 Å². The molecule has 0 saturated carbocycles. The number of rotatable bonds is 5. The molecular formula is C17H23F3N4O3. The summed E-state index contributed by atoms with van der Waals surface area (Å²) in [4.78, 5) is 26.2. The number of carbonyl (C=O) groups is 1. The SMILES string of the molecule is CC(C)NC(=O)C(C)N1CCN(c2ccc(C(F)(F)F)cc2[N+](=O)[O-])CC1. The minimum Gasteiger partial charge on any atom is -0.363 e. The van der Waals surface area contributed by atoms with Crippen molar-refractivity contribution in [3.63, 3.8) is 0 Å². The minimum atomic E-state index is -4.64. The molecule has 1 amide bonds. The van der Waals surface area contributed by atoms with Crippen molar-refractivity contribution in [3.05, 3.63) is 33.9 Å². The molecule has 10 heteroatoms. The number of benzene rings is 1. The van der Waals surface area contributed by atoms with Gasteiger partial charge in [0.2, 0.25) is 5.91 Å². The molecule has 1 unspecified atom stereocenters. The van der Waals surface area contributed by atoms with E-state index in [4.69, 9.17) is 0 Å². The molecule has 1 aromatic carbocycles. The van der Waals surface area contributed by atoms with Crippen LogP contribution in [-0.4, -0.2) is 54.0 Å². The molecule has 0 bridgehead atoms. The van der Waals surface area contributed by atoms with Crippen LogP contribution in [0.5, 0.6) is 0 Å². The lowest BCUT2D eigenvalue weighted by atomic mass is 10.1. The second-order valence-electron chi connectivity index (χ2n) is 6.82. The molecule has 1 N–H and O–H groups in total. The Kier molecular flexibility index (Phi) is 6.30. The molecule has 7 nitrogen and oxygen atoms in total. The van der Waals surface area contributed by atoms with Crippen LogP contribution in [0.25, 0.3) is 0 Å². The highest BCUT2D eigenvalue weighted by Crippen LogP contribution is 2.36. The first-order valence-electron chi connectivity index (χ1n) is 8.65. The summed E-state index contributed by atoms with van der Waals surface area (Å²) >= 11 is 0. The molecule has 0 aromatic heterocycles. The van der Waals surface area contributed by atoms with Crippen LogP contribution in [0.3, 0.4) is 0 Å². The third-order valence-electron chi connectivity index (χ3n) is 4.51. The fourth-order valence-electron chi connectivity index (χ4n) is 3.03. The van der Waals surface area contributed by atoms with Crippen LogP contribution >= 0.6 is 0 Å². The van der Waals surface area contributed by atoms with E-state index in [9.17, 15) is 28.1 Å². The van der Waals surface area contributed by atoms with Crippen LogP contribution in [0.2, 0.25) is 0 Å². The molecule has 0 spiro atoms. The predicted molar refractivity (Wildman–Crippen MR) is 94.6 cm³/mol. The predicted octanol–water partition coefficient (Wildman–Crippen LogP) is 2.65. The summed E-state index contributed by atoms with van der Waals surface area (Å²) in [6.45, 7) is 7.24. The fraction of sp³-hybridized carbons (Fsp3) is 0.588. The highest BCUT2D eigenvalue weighted by molar-refractivity contribution is 5.81. The van der Waals surface area contributed by atoms with Crippen molar-refractivity contribution < 1.29 is 22.9 Å². The van der Waals surface area contributed by atoms with Crippen LogP contribution < -0.4 is 10.2 Å². The highest BCUT2D eigenvalue weighted by atomic mass is 19.4. The van der Waals surface area contributed by atoms with Crippen LogP contribution in [0, 0.1) is 10.1 Å². The lowest BCUT2D eigenvalue weighted by Gasteiger charge is -2.38. The maximum absolute atomic E-state index is 12.8. The lowest BCUT2D eigenvalue weighted by Crippen LogP contribution is -2.54. The fourth-order valence-corrected chi connectivity index (χ4v) is 3.03. The monoisotopic (exact) mass is 388 g/mol. The molecule has 2 rings (SSSR count). The summed E-state index contributed by atoms with van der Waals surface area (Å²) in [5.74, 6) is -0.0982. The van der Waals surface area contributed by atoms with Gasteiger partial charge in [0, 0.05) is 38.3 Å². The number of hydrogen-bond donors (Lipinski definition) is 1. The molecule has 150 valence electrons. The van der Waals surface area contributed by atoms with Crippen molar-refractivity contribution in [2.45, 2.75) is 39.0 Å². The zero-order valence-electron chi connectivity index (χ0n) is 15.4. The van der Waals surface area contributed by atoms with Crippen molar-refractivity contribution in [2.75, 3.05) is 31.1 Å². The number of nitrogens with one attached hydrogen (secondary N) is 1. The average Bonchev–Trinajstić information content (AvgIpc) is 2.59. The summed E-state index contributed by atoms with van der Waals surface area (Å²) in [5, 5.41) is 14.1. The Morgan fingerprint density at radius 1 is 1.19 bits per heavy atom. The molecule has 27 heavy (non-hydrogen) atoms. The Morgan fingerprint density at radius 3 is 2.26 bits per heavy atom. The van der Waals surface area contributed by atoms with E-state index in [1.54, 1.807) is 11.8 Å². The largest absolute Gasteiger partial charge is 0.416 e. The molecule has 0 radical (unpaired) electrons. The topological polar surface area (TPSA) is 78.7 Å². The molecular weight excluding hydrogens is 365 g/mol. The van der Waals surface area contributed by atoms with Gasteiger partial charge in [-0.15, -0.1) is 0 Å². The zero-order valence-corrected chi connectivity index (χ0v) is 15.4. The highest BCUT2D eigenvalue weighted by Gasteiger charge is 2.34. The van der Waals surface area contributed by atoms with Gasteiger partial charge in [-0.3, -0.25) is 19.8 Å². The van der Waals surface area contributed by atoms with Gasteiger partial charge < -0.3 is 10.2 Å². The van der Waals surface area contributed by atoms with Crippen LogP contribution in [-0.2, 0) is 11.0 Å². The van der Waals surface area contributed by atoms with E-state index >= 15 is 0 Å². The first kappa shape index (κ1) is 20.9. The van der Waals surface area contributed by atoms with E-state index in [1.807, 2.05) is 18.7 Å². The summed E-state index contributed by atoms with van der Waals surface area (Å²) in [6.07, 6.45) is -4.64. The first-order chi connectivity index (χ1) is 12.5. The lowest BCUT2D eigenvalue weighted by molar-refractivity contribution is -0.384. The molecule has 1 atom stereocenters. The molecule has 1 fully saturated rings. The number of anilines is 1. The minimum absolute atomic E-state index is 0.0241. The van der Waals surface area contributed by atoms with Gasteiger partial charge in [-0.05, 0) is 32.9 Å². The summed E-state index contributed by atoms with van der Waals surface area (Å²) in [5.41, 5.74) is -1.45. The Hall–Kier alpha value is -2.36. The van der Waals surface area contributed by atoms with Gasteiger partial charge in [-0.2, -0.15) is 13.2 Å². The Labute approximate surface area is 155 Å². The number of nitrogens with zero attached hydrogens (tertiary/aromatic N) is 3. The van der Waals surface area contributed by atoms with Gasteiger partial charge in [0.1, 0.15) is 5.69 Å². The maximum Gasteiger partial charge on any atom is 0.416 e. The maximum atomic E-state index is 12.8. The van der Waals surface area contributed by atoms with Gasteiger partial charge in [0.05, 0.1) is 16.5 Å². The smallest absolute Gasteiger partial charge is 0.363 e. The second kappa shape index (κ2) is 8.12. The standard InChI is InChI=1S/C17H23F3N4O3/c1-11(2)21-16(25)12(3)22-6-8-23(9-7-22)14-5-4-13(17(18,19)20)10-15(14)24(26)27/h4-5,10-12H,6-9H2,1-3H3,(H,21,25). The van der Waals surface area contributed by atoms with E-state index < -0.39 is 22.4 Å². The third kappa shape index (κ3) is 5.09. The molecule has 0 aliphatic carbocycles. The Balaban J connectivity index is 2.11. The van der Waals surface area contributed by atoms with E-state index in [0.29, 0.717) is 32.2 Å². The quantitative estimate of drug-likeness (QED) is 0.620. The number of hydrogen-bond acceptors (Lipinski definition) is 5. The normalized spacial score (nSPS) is 17.1. The van der Waals surface area contributed by atoms with Gasteiger partial charge >= 0.3 is 6.18 Å². The van der Waals surface area contributed by atoms with E-state index in [1.165, 1.54) is 0 Å². The third-order valence-corrected chi connectivity index (χ3v) is 4.51. The van der Waals surface area contributed by atoms with Gasteiger partial charge in [0.25, 0.3) is 5.69 Å². The number of nitro benzene ring substituents is 1. The number of halogens is 3. The van der Waals surface area contributed by atoms with Crippen LogP contribution in [0.4, 0.5) is 24.5 Å². The van der Waals surface area contributed by atoms with Crippen LogP contribution in [0.15, 0.2) is 18.2 Å². The number of alkyl halides is 3. The molecule has 1 aliphatic rings. The Bertz CT molecular complexity index is 701. The van der Waals surface area contributed by atoms with Crippen LogP contribution in [0.1, 0.15) is 26.3 Å². The van der Waals surface area contributed by atoms with Crippen molar-refractivity contribution in [3.8, 4) is 0 Å². The van der Waals surface area contributed by atoms with E-state index in [0.717, 1.165) is 12.1 Å². The summed E-state index contributed by atoms with van der Waals surface area (Å²) in [7, 11) is 0. The zero-order chi connectivity index (χ0) is 20.4. The number of amides is 1. The summed E-state index contributed by atoms with van der Waals surface area (Å²) in [6, 6.07) is 2.24. The van der Waals surface area contributed by atoms with E-state index in [-0.39, 0.29) is 23.7 Å². The van der Waals surface area contributed by atoms with Crippen molar-refractivity contribution in [1.82, 2.24) is 10.2 Å². The number of piperazine rings is 1. The van der Waals surface area contributed by atoms with Crippen molar-refractivity contribution in [1.29, 1.82) is 0 Å². The molecule has 1 aromatic rings. The van der Waals surface area contributed by atoms with E-state index in [2.05, 4.69) is 5.32 Å². The van der Waals surface area contributed by atoms with Gasteiger partial charge in [-0.1, -0.05) is 0 Å². The summed E-state index contributed by atoms with van der Waals surface area (Å²) < 4.78 is 38.5.